The molecule has 0 spiro atoms. The molecule has 0 bridgehead atoms. The number of amides is 2. The molecule has 40 heavy (non-hydrogen) atoms. The van der Waals surface area contributed by atoms with Crippen LogP contribution < -0.4 is 10.6 Å². The van der Waals surface area contributed by atoms with Crippen molar-refractivity contribution in [2.24, 2.45) is 22.7 Å². The first kappa shape index (κ1) is 37.0. The van der Waals surface area contributed by atoms with Gasteiger partial charge in [-0.15, -0.1) is 0 Å². The molecule has 2 saturated carbocycles. The van der Waals surface area contributed by atoms with Crippen LogP contribution in [-0.4, -0.2) is 23.9 Å². The molecule has 4 nitrogen and oxygen atoms in total. The zero-order chi connectivity index (χ0) is 30.0. The van der Waals surface area contributed by atoms with Gasteiger partial charge in [-0.2, -0.15) is 0 Å². The lowest BCUT2D eigenvalue weighted by molar-refractivity contribution is -0.123. The van der Waals surface area contributed by atoms with E-state index in [0.717, 1.165) is 37.5 Å². The summed E-state index contributed by atoms with van der Waals surface area (Å²) < 4.78 is 0. The molecule has 2 aliphatic carbocycles. The summed E-state index contributed by atoms with van der Waals surface area (Å²) in [6.45, 7) is 18.5. The third-order valence-corrected chi connectivity index (χ3v) is 9.65. The summed E-state index contributed by atoms with van der Waals surface area (Å²) in [4.78, 5) is 23.8. The quantitative estimate of drug-likeness (QED) is 0.207. The molecule has 0 heterocycles. The average molecular weight is 563 g/mol. The van der Waals surface area contributed by atoms with Gasteiger partial charge in [0.05, 0.1) is 0 Å². The van der Waals surface area contributed by atoms with E-state index in [2.05, 4.69) is 66.0 Å². The van der Waals surface area contributed by atoms with Crippen molar-refractivity contribution in [3.63, 3.8) is 0 Å². The molecule has 2 fully saturated rings. The van der Waals surface area contributed by atoms with E-state index in [1.165, 1.54) is 103 Å². The van der Waals surface area contributed by atoms with Gasteiger partial charge >= 0.3 is 0 Å². The summed E-state index contributed by atoms with van der Waals surface area (Å²) >= 11 is 0. The van der Waals surface area contributed by atoms with Crippen molar-refractivity contribution in [3.8, 4) is 0 Å². The molecule has 0 aromatic heterocycles. The summed E-state index contributed by atoms with van der Waals surface area (Å²) in [7, 11) is 0. The van der Waals surface area contributed by atoms with Crippen LogP contribution in [0.25, 0.3) is 0 Å². The monoisotopic (exact) mass is 563 g/mol. The molecule has 2 N–H and O–H groups in total. The van der Waals surface area contributed by atoms with Crippen LogP contribution in [0.4, 0.5) is 0 Å². The van der Waals surface area contributed by atoms with E-state index in [1.807, 2.05) is 0 Å². The Morgan fingerprint density at radius 2 is 0.800 bits per heavy atom. The molecule has 0 aromatic carbocycles. The highest BCUT2D eigenvalue weighted by atomic mass is 16.2. The van der Waals surface area contributed by atoms with Crippen LogP contribution in [0.2, 0.25) is 0 Å². The highest BCUT2D eigenvalue weighted by Crippen LogP contribution is 2.38. The molecular weight excluding hydrogens is 492 g/mol. The fourth-order valence-electron chi connectivity index (χ4n) is 6.59. The van der Waals surface area contributed by atoms with E-state index in [0.29, 0.717) is 22.9 Å². The molecule has 0 aliphatic heterocycles. The van der Waals surface area contributed by atoms with Gasteiger partial charge in [-0.25, -0.2) is 0 Å². The zero-order valence-corrected chi connectivity index (χ0v) is 28.3. The second-order valence-corrected chi connectivity index (χ2v) is 15.3. The van der Waals surface area contributed by atoms with Crippen molar-refractivity contribution >= 4 is 11.8 Å². The molecule has 0 radical (unpaired) electrons. The minimum atomic E-state index is 0.278. The van der Waals surface area contributed by atoms with E-state index in [1.54, 1.807) is 0 Å². The first-order chi connectivity index (χ1) is 18.9. The number of unbranched alkanes of at least 4 members (excludes halogenated alkanes) is 8. The van der Waals surface area contributed by atoms with Crippen LogP contribution >= 0.6 is 0 Å². The van der Waals surface area contributed by atoms with Crippen LogP contribution in [0, 0.1) is 22.7 Å². The SMILES string of the molecule is CCCCCCCC(=O)NC1CCC(C(C)(C)C)CC1.CCCCCCCC(=O)NC1CCC(C(C)(C)C)CC1. The van der Waals surface area contributed by atoms with Gasteiger partial charge in [-0.1, -0.05) is 107 Å². The average Bonchev–Trinajstić information content (AvgIpc) is 2.88. The Bertz CT molecular complexity index is 601. The van der Waals surface area contributed by atoms with Gasteiger partial charge in [-0.3, -0.25) is 9.59 Å². The molecule has 2 amide bonds. The Morgan fingerprint density at radius 1 is 0.500 bits per heavy atom. The molecular formula is C36H70N2O2. The van der Waals surface area contributed by atoms with Gasteiger partial charge in [-0.05, 0) is 86.9 Å². The maximum absolute atomic E-state index is 11.9. The molecule has 2 rings (SSSR count). The Balaban J connectivity index is 0.000000400. The van der Waals surface area contributed by atoms with E-state index >= 15 is 0 Å². The number of carbonyl (C=O) groups is 2. The van der Waals surface area contributed by atoms with Crippen LogP contribution in [0.5, 0.6) is 0 Å². The third-order valence-electron chi connectivity index (χ3n) is 9.65. The Labute approximate surface area is 250 Å². The molecule has 2 aliphatic rings. The molecule has 236 valence electrons. The highest BCUT2D eigenvalue weighted by Gasteiger charge is 2.31. The first-order valence-electron chi connectivity index (χ1n) is 17.5. The smallest absolute Gasteiger partial charge is 0.220 e. The van der Waals surface area contributed by atoms with E-state index in [4.69, 9.17) is 0 Å². The molecule has 0 unspecified atom stereocenters. The molecule has 0 atom stereocenters. The summed E-state index contributed by atoms with van der Waals surface area (Å²) in [6, 6.07) is 0.883. The number of hydrogen-bond acceptors (Lipinski definition) is 2. The fraction of sp³-hybridized carbons (Fsp3) is 0.944. The van der Waals surface area contributed by atoms with Crippen LogP contribution in [0.1, 0.15) is 184 Å². The van der Waals surface area contributed by atoms with Crippen LogP contribution in [0.3, 0.4) is 0 Å². The van der Waals surface area contributed by atoms with Crippen molar-refractivity contribution in [3.05, 3.63) is 0 Å². The minimum absolute atomic E-state index is 0.278. The highest BCUT2D eigenvalue weighted by molar-refractivity contribution is 5.76. The number of nitrogens with one attached hydrogen (secondary N) is 2. The van der Waals surface area contributed by atoms with Crippen LogP contribution in [0.15, 0.2) is 0 Å². The van der Waals surface area contributed by atoms with Gasteiger partial charge in [0, 0.05) is 24.9 Å². The standard InChI is InChI=1S/2C18H35NO/c2*1-5-6-7-8-9-10-17(20)19-16-13-11-15(12-14-16)18(2,3)4/h2*15-16H,5-14H2,1-4H3,(H,19,20). The summed E-state index contributed by atoms with van der Waals surface area (Å²) in [5.74, 6) is 2.20. The molecule has 0 aromatic rings. The number of carbonyl (C=O) groups excluding carboxylic acids is 2. The van der Waals surface area contributed by atoms with E-state index in [9.17, 15) is 9.59 Å². The predicted octanol–water partition coefficient (Wildman–Crippen LogP) is 10.1. The summed E-state index contributed by atoms with van der Waals surface area (Å²) in [5, 5.41) is 6.49. The van der Waals surface area contributed by atoms with Crippen molar-refractivity contribution in [1.29, 1.82) is 0 Å². The summed E-state index contributed by atoms with van der Waals surface area (Å²) in [6.07, 6.45) is 23.4. The van der Waals surface area contributed by atoms with Gasteiger partial charge in [0.15, 0.2) is 0 Å². The van der Waals surface area contributed by atoms with Crippen molar-refractivity contribution in [2.75, 3.05) is 0 Å². The molecule has 0 saturated heterocycles. The second kappa shape index (κ2) is 20.0. The van der Waals surface area contributed by atoms with E-state index < -0.39 is 0 Å². The predicted molar refractivity (Wildman–Crippen MR) is 173 cm³/mol. The maximum atomic E-state index is 11.9. The Morgan fingerprint density at radius 3 is 1.07 bits per heavy atom. The van der Waals surface area contributed by atoms with Crippen molar-refractivity contribution in [1.82, 2.24) is 10.6 Å². The van der Waals surface area contributed by atoms with Crippen molar-refractivity contribution in [2.45, 2.75) is 196 Å². The lowest BCUT2D eigenvalue weighted by atomic mass is 9.71. The number of hydrogen-bond donors (Lipinski definition) is 2. The largest absolute Gasteiger partial charge is 0.353 e. The zero-order valence-electron chi connectivity index (χ0n) is 28.3. The van der Waals surface area contributed by atoms with Gasteiger partial charge in [0.25, 0.3) is 0 Å². The van der Waals surface area contributed by atoms with Gasteiger partial charge < -0.3 is 10.6 Å². The molecule has 4 heteroatoms. The summed E-state index contributed by atoms with van der Waals surface area (Å²) in [5.41, 5.74) is 0.850. The maximum Gasteiger partial charge on any atom is 0.220 e. The Kier molecular flexibility index (Phi) is 18.4. The lowest BCUT2D eigenvalue weighted by Crippen LogP contribution is -2.39. The fourth-order valence-corrected chi connectivity index (χ4v) is 6.59. The second-order valence-electron chi connectivity index (χ2n) is 15.3. The van der Waals surface area contributed by atoms with Crippen LogP contribution in [-0.2, 0) is 9.59 Å². The van der Waals surface area contributed by atoms with Gasteiger partial charge in [0.2, 0.25) is 11.8 Å². The first-order valence-corrected chi connectivity index (χ1v) is 17.5. The van der Waals surface area contributed by atoms with E-state index in [-0.39, 0.29) is 11.8 Å². The third kappa shape index (κ3) is 17.0. The topological polar surface area (TPSA) is 58.2 Å². The Hall–Kier alpha value is -1.06. The number of rotatable bonds is 14. The van der Waals surface area contributed by atoms with Gasteiger partial charge in [0.1, 0.15) is 0 Å². The normalized spacial score (nSPS) is 23.6. The minimum Gasteiger partial charge on any atom is -0.353 e. The lowest BCUT2D eigenvalue weighted by Gasteiger charge is -2.37. The van der Waals surface area contributed by atoms with Crippen molar-refractivity contribution < 1.29 is 9.59 Å².